The zero-order valence-corrected chi connectivity index (χ0v) is 11.0. The van der Waals surface area contributed by atoms with E-state index in [0.29, 0.717) is 0 Å². The minimum atomic E-state index is -0.307. The fourth-order valence-corrected chi connectivity index (χ4v) is 2.21. The lowest BCUT2D eigenvalue weighted by Gasteiger charge is -2.32. The van der Waals surface area contributed by atoms with Crippen LogP contribution in [0, 0.1) is 5.41 Å². The SMILES string of the molecule is COc1ccc(NC(=O)C2(C)CCCNC2)cc1. The van der Waals surface area contributed by atoms with Crippen molar-refractivity contribution in [2.75, 3.05) is 25.5 Å². The molecule has 1 saturated heterocycles. The Hall–Kier alpha value is -1.55. The van der Waals surface area contributed by atoms with E-state index in [-0.39, 0.29) is 11.3 Å². The highest BCUT2D eigenvalue weighted by atomic mass is 16.5. The fraction of sp³-hybridized carbons (Fsp3) is 0.500. The van der Waals surface area contributed by atoms with Crippen molar-refractivity contribution >= 4 is 11.6 Å². The highest BCUT2D eigenvalue weighted by molar-refractivity contribution is 5.95. The van der Waals surface area contributed by atoms with Crippen LogP contribution >= 0.6 is 0 Å². The molecular weight excluding hydrogens is 228 g/mol. The third kappa shape index (κ3) is 2.82. The predicted molar refractivity (Wildman–Crippen MR) is 71.8 cm³/mol. The summed E-state index contributed by atoms with van der Waals surface area (Å²) in [4.78, 5) is 12.3. The van der Waals surface area contributed by atoms with Gasteiger partial charge in [0.2, 0.25) is 5.91 Å². The molecule has 0 spiro atoms. The first kappa shape index (κ1) is 12.9. The monoisotopic (exact) mass is 248 g/mol. The summed E-state index contributed by atoms with van der Waals surface area (Å²) in [6, 6.07) is 7.40. The molecule has 1 unspecified atom stereocenters. The van der Waals surface area contributed by atoms with Crippen LogP contribution in [-0.4, -0.2) is 26.1 Å². The molecule has 4 nitrogen and oxygen atoms in total. The molecule has 98 valence electrons. The highest BCUT2D eigenvalue weighted by Crippen LogP contribution is 2.27. The molecular formula is C14H20N2O2. The van der Waals surface area contributed by atoms with Crippen molar-refractivity contribution in [2.45, 2.75) is 19.8 Å². The molecule has 18 heavy (non-hydrogen) atoms. The summed E-state index contributed by atoms with van der Waals surface area (Å²) < 4.78 is 5.09. The Bertz CT molecular complexity index is 408. The number of hydrogen-bond acceptors (Lipinski definition) is 3. The Balaban J connectivity index is 2.01. The summed E-state index contributed by atoms with van der Waals surface area (Å²) in [7, 11) is 1.63. The van der Waals surface area contributed by atoms with Crippen molar-refractivity contribution < 1.29 is 9.53 Å². The molecule has 1 aliphatic rings. The Kier molecular flexibility index (Phi) is 3.87. The second-order valence-electron chi connectivity index (χ2n) is 5.02. The standard InChI is InChI=1S/C14H20N2O2/c1-14(8-3-9-15-10-14)13(17)16-11-4-6-12(18-2)7-5-11/h4-7,15H,3,8-10H2,1-2H3,(H,16,17). The third-order valence-electron chi connectivity index (χ3n) is 3.49. The maximum absolute atomic E-state index is 12.3. The number of amides is 1. The molecule has 1 aromatic rings. The Morgan fingerprint density at radius 1 is 1.39 bits per heavy atom. The number of methoxy groups -OCH3 is 1. The fourth-order valence-electron chi connectivity index (χ4n) is 2.21. The number of anilines is 1. The van der Waals surface area contributed by atoms with Crippen LogP contribution in [0.1, 0.15) is 19.8 Å². The zero-order chi connectivity index (χ0) is 13.0. The molecule has 0 saturated carbocycles. The van der Waals surface area contributed by atoms with E-state index in [1.807, 2.05) is 31.2 Å². The highest BCUT2D eigenvalue weighted by Gasteiger charge is 2.34. The van der Waals surface area contributed by atoms with E-state index in [2.05, 4.69) is 10.6 Å². The van der Waals surface area contributed by atoms with E-state index >= 15 is 0 Å². The van der Waals surface area contributed by atoms with Gasteiger partial charge in [-0.15, -0.1) is 0 Å². The quantitative estimate of drug-likeness (QED) is 0.860. The van der Waals surface area contributed by atoms with E-state index in [9.17, 15) is 4.79 Å². The van der Waals surface area contributed by atoms with E-state index < -0.39 is 0 Å². The number of nitrogens with one attached hydrogen (secondary N) is 2. The molecule has 4 heteroatoms. The number of carbonyl (C=O) groups excluding carboxylic acids is 1. The average Bonchev–Trinajstić information content (AvgIpc) is 2.40. The van der Waals surface area contributed by atoms with Gasteiger partial charge in [-0.05, 0) is 50.6 Å². The molecule has 1 heterocycles. The number of carbonyl (C=O) groups is 1. The minimum absolute atomic E-state index is 0.0832. The first-order valence-electron chi connectivity index (χ1n) is 6.30. The van der Waals surface area contributed by atoms with Crippen LogP contribution in [0.4, 0.5) is 5.69 Å². The molecule has 0 aliphatic carbocycles. The Labute approximate surface area is 108 Å². The van der Waals surface area contributed by atoms with Crippen LogP contribution in [0.3, 0.4) is 0 Å². The van der Waals surface area contributed by atoms with Gasteiger partial charge in [-0.1, -0.05) is 0 Å². The van der Waals surface area contributed by atoms with Gasteiger partial charge in [0, 0.05) is 12.2 Å². The lowest BCUT2D eigenvalue weighted by atomic mass is 9.82. The van der Waals surface area contributed by atoms with Crippen molar-refractivity contribution in [3.05, 3.63) is 24.3 Å². The normalized spacial score (nSPS) is 23.4. The molecule has 1 aliphatic heterocycles. The first-order chi connectivity index (χ1) is 8.64. The Morgan fingerprint density at radius 3 is 2.67 bits per heavy atom. The molecule has 0 bridgehead atoms. The van der Waals surface area contributed by atoms with Crippen LogP contribution in [0.15, 0.2) is 24.3 Å². The van der Waals surface area contributed by atoms with Gasteiger partial charge in [0.25, 0.3) is 0 Å². The largest absolute Gasteiger partial charge is 0.497 e. The summed E-state index contributed by atoms with van der Waals surface area (Å²) >= 11 is 0. The van der Waals surface area contributed by atoms with E-state index in [4.69, 9.17) is 4.74 Å². The molecule has 1 aromatic carbocycles. The van der Waals surface area contributed by atoms with Crippen LogP contribution in [0.25, 0.3) is 0 Å². The predicted octanol–water partition coefficient (Wildman–Crippen LogP) is 2.02. The van der Waals surface area contributed by atoms with Crippen LogP contribution in [0.5, 0.6) is 5.75 Å². The first-order valence-corrected chi connectivity index (χ1v) is 6.30. The smallest absolute Gasteiger partial charge is 0.231 e. The molecule has 0 aromatic heterocycles. The average molecular weight is 248 g/mol. The maximum Gasteiger partial charge on any atom is 0.231 e. The second-order valence-corrected chi connectivity index (χ2v) is 5.02. The lowest BCUT2D eigenvalue weighted by molar-refractivity contribution is -0.125. The van der Waals surface area contributed by atoms with E-state index in [0.717, 1.165) is 37.4 Å². The van der Waals surface area contributed by atoms with Crippen molar-refractivity contribution in [1.82, 2.24) is 5.32 Å². The van der Waals surface area contributed by atoms with Crippen LogP contribution < -0.4 is 15.4 Å². The molecule has 1 amide bonds. The number of hydrogen-bond donors (Lipinski definition) is 2. The van der Waals surface area contributed by atoms with Crippen molar-refractivity contribution in [1.29, 1.82) is 0 Å². The summed E-state index contributed by atoms with van der Waals surface area (Å²) in [6.07, 6.45) is 1.98. The number of rotatable bonds is 3. The number of ether oxygens (including phenoxy) is 1. The minimum Gasteiger partial charge on any atom is -0.497 e. The molecule has 1 atom stereocenters. The summed E-state index contributed by atoms with van der Waals surface area (Å²) in [5.74, 6) is 0.874. The molecule has 1 fully saturated rings. The summed E-state index contributed by atoms with van der Waals surface area (Å²) in [5.41, 5.74) is 0.505. The van der Waals surface area contributed by atoms with Gasteiger partial charge in [-0.3, -0.25) is 4.79 Å². The van der Waals surface area contributed by atoms with Gasteiger partial charge in [0.1, 0.15) is 5.75 Å². The van der Waals surface area contributed by atoms with E-state index in [1.165, 1.54) is 0 Å². The maximum atomic E-state index is 12.3. The third-order valence-corrected chi connectivity index (χ3v) is 3.49. The molecule has 2 rings (SSSR count). The van der Waals surface area contributed by atoms with Gasteiger partial charge in [-0.25, -0.2) is 0 Å². The van der Waals surface area contributed by atoms with Crippen LogP contribution in [-0.2, 0) is 4.79 Å². The van der Waals surface area contributed by atoms with Crippen molar-refractivity contribution in [3.8, 4) is 5.75 Å². The van der Waals surface area contributed by atoms with Crippen molar-refractivity contribution in [3.63, 3.8) is 0 Å². The number of benzene rings is 1. The number of piperidine rings is 1. The van der Waals surface area contributed by atoms with Crippen molar-refractivity contribution in [2.24, 2.45) is 5.41 Å². The second kappa shape index (κ2) is 5.40. The van der Waals surface area contributed by atoms with Gasteiger partial charge >= 0.3 is 0 Å². The van der Waals surface area contributed by atoms with Crippen LogP contribution in [0.2, 0.25) is 0 Å². The van der Waals surface area contributed by atoms with Gasteiger partial charge in [-0.2, -0.15) is 0 Å². The molecule has 2 N–H and O–H groups in total. The lowest BCUT2D eigenvalue weighted by Crippen LogP contribution is -2.46. The van der Waals surface area contributed by atoms with E-state index in [1.54, 1.807) is 7.11 Å². The zero-order valence-electron chi connectivity index (χ0n) is 11.0. The van der Waals surface area contributed by atoms with Gasteiger partial charge < -0.3 is 15.4 Å². The Morgan fingerprint density at radius 2 is 2.11 bits per heavy atom. The topological polar surface area (TPSA) is 50.4 Å². The summed E-state index contributed by atoms with van der Waals surface area (Å²) in [5, 5.41) is 6.25. The summed E-state index contributed by atoms with van der Waals surface area (Å²) in [6.45, 7) is 3.76. The molecule has 0 radical (unpaired) electrons. The van der Waals surface area contributed by atoms with Gasteiger partial charge in [0.15, 0.2) is 0 Å². The van der Waals surface area contributed by atoms with Gasteiger partial charge in [0.05, 0.1) is 12.5 Å².